The number of likely N-dealkylation sites (tertiary alicyclic amines) is 1. The van der Waals surface area contributed by atoms with Crippen LogP contribution < -0.4 is 5.32 Å². The fraction of sp³-hybridized carbons (Fsp3) is 0.867. The summed E-state index contributed by atoms with van der Waals surface area (Å²) in [6.45, 7) is 1.82. The number of nitrogens with one attached hydrogen (secondary N) is 1. The molecule has 0 aromatic heterocycles. The number of nitrogens with zero attached hydrogens (tertiary/aromatic N) is 1. The SMILES string of the molecule is O=C(O)C1CCCN(C(=O)NCC23CCC(CC2)C3)C1. The van der Waals surface area contributed by atoms with Gasteiger partial charge in [-0.2, -0.15) is 0 Å². The van der Waals surface area contributed by atoms with E-state index in [2.05, 4.69) is 5.32 Å². The van der Waals surface area contributed by atoms with E-state index in [0.29, 0.717) is 24.9 Å². The van der Waals surface area contributed by atoms with Gasteiger partial charge in [0.25, 0.3) is 0 Å². The standard InChI is InChI=1S/C15H24N2O3/c18-13(19)12-2-1-7-17(9-12)14(20)16-10-15-5-3-11(8-15)4-6-15/h11-12H,1-10H2,(H,16,20)(H,18,19). The highest BCUT2D eigenvalue weighted by Crippen LogP contribution is 2.53. The van der Waals surface area contributed by atoms with Crippen molar-refractivity contribution < 1.29 is 14.7 Å². The summed E-state index contributed by atoms with van der Waals surface area (Å²) >= 11 is 0. The molecule has 0 spiro atoms. The van der Waals surface area contributed by atoms with Crippen LogP contribution in [0.25, 0.3) is 0 Å². The van der Waals surface area contributed by atoms with E-state index in [-0.39, 0.29) is 6.03 Å². The van der Waals surface area contributed by atoms with Gasteiger partial charge in [0, 0.05) is 19.6 Å². The molecule has 2 bridgehead atoms. The molecule has 2 saturated carbocycles. The first-order valence-electron chi connectivity index (χ1n) is 7.84. The first-order chi connectivity index (χ1) is 9.58. The Morgan fingerprint density at radius 2 is 2.00 bits per heavy atom. The smallest absolute Gasteiger partial charge is 0.317 e. The van der Waals surface area contributed by atoms with Crippen LogP contribution in [0, 0.1) is 17.3 Å². The highest BCUT2D eigenvalue weighted by molar-refractivity contribution is 5.76. The molecule has 1 saturated heterocycles. The molecule has 2 aliphatic carbocycles. The van der Waals surface area contributed by atoms with Crippen molar-refractivity contribution in [2.24, 2.45) is 17.3 Å². The first-order valence-corrected chi connectivity index (χ1v) is 7.84. The number of urea groups is 1. The van der Waals surface area contributed by atoms with Crippen molar-refractivity contribution in [1.82, 2.24) is 10.2 Å². The number of carboxylic acids is 1. The van der Waals surface area contributed by atoms with Crippen LogP contribution in [0.15, 0.2) is 0 Å². The lowest BCUT2D eigenvalue weighted by atomic mass is 9.84. The minimum atomic E-state index is -0.782. The zero-order valence-electron chi connectivity index (χ0n) is 11.9. The molecule has 1 heterocycles. The third-order valence-corrected chi connectivity index (χ3v) is 5.56. The van der Waals surface area contributed by atoms with Crippen molar-refractivity contribution in [1.29, 1.82) is 0 Å². The maximum absolute atomic E-state index is 12.2. The minimum Gasteiger partial charge on any atom is -0.481 e. The first kappa shape index (κ1) is 13.7. The lowest BCUT2D eigenvalue weighted by Gasteiger charge is -2.33. The molecular formula is C15H24N2O3. The Balaban J connectivity index is 1.50. The van der Waals surface area contributed by atoms with Gasteiger partial charge in [-0.3, -0.25) is 4.79 Å². The molecule has 1 unspecified atom stereocenters. The highest BCUT2D eigenvalue weighted by atomic mass is 16.4. The topological polar surface area (TPSA) is 69.6 Å². The fourth-order valence-electron chi connectivity index (χ4n) is 4.30. The van der Waals surface area contributed by atoms with E-state index in [9.17, 15) is 9.59 Å². The zero-order valence-corrected chi connectivity index (χ0v) is 11.9. The Bertz CT molecular complexity index is 402. The Hall–Kier alpha value is -1.26. The molecule has 112 valence electrons. The largest absolute Gasteiger partial charge is 0.481 e. The molecule has 3 aliphatic rings. The second-order valence-corrected chi connectivity index (χ2v) is 6.93. The predicted molar refractivity (Wildman–Crippen MR) is 74.3 cm³/mol. The molecule has 5 heteroatoms. The fourth-order valence-corrected chi connectivity index (χ4v) is 4.30. The second kappa shape index (κ2) is 5.26. The average Bonchev–Trinajstić information content (AvgIpc) is 3.06. The van der Waals surface area contributed by atoms with Crippen LogP contribution in [-0.4, -0.2) is 41.6 Å². The third-order valence-electron chi connectivity index (χ3n) is 5.56. The van der Waals surface area contributed by atoms with E-state index >= 15 is 0 Å². The van der Waals surface area contributed by atoms with Crippen LogP contribution in [0.4, 0.5) is 4.79 Å². The molecule has 2 amide bonds. The summed E-state index contributed by atoms with van der Waals surface area (Å²) in [4.78, 5) is 24.9. The summed E-state index contributed by atoms with van der Waals surface area (Å²) in [5.74, 6) is -0.288. The van der Waals surface area contributed by atoms with E-state index in [1.807, 2.05) is 0 Å². The molecule has 20 heavy (non-hydrogen) atoms. The van der Waals surface area contributed by atoms with Crippen LogP contribution in [-0.2, 0) is 4.79 Å². The number of amides is 2. The molecule has 1 atom stereocenters. The van der Waals surface area contributed by atoms with Crippen molar-refractivity contribution in [2.75, 3.05) is 19.6 Å². The van der Waals surface area contributed by atoms with Crippen LogP contribution >= 0.6 is 0 Å². The van der Waals surface area contributed by atoms with Gasteiger partial charge < -0.3 is 15.3 Å². The van der Waals surface area contributed by atoms with Gasteiger partial charge in [0.2, 0.25) is 0 Å². The van der Waals surface area contributed by atoms with Gasteiger partial charge in [0.05, 0.1) is 5.92 Å². The monoisotopic (exact) mass is 280 g/mol. The molecule has 5 nitrogen and oxygen atoms in total. The van der Waals surface area contributed by atoms with E-state index in [1.165, 1.54) is 32.1 Å². The van der Waals surface area contributed by atoms with Gasteiger partial charge in [-0.05, 0) is 56.3 Å². The lowest BCUT2D eigenvalue weighted by molar-refractivity contribution is -0.143. The van der Waals surface area contributed by atoms with Crippen molar-refractivity contribution in [3.8, 4) is 0 Å². The van der Waals surface area contributed by atoms with Crippen LogP contribution in [0.2, 0.25) is 0 Å². The zero-order chi connectivity index (χ0) is 14.2. The minimum absolute atomic E-state index is 0.0688. The number of carboxylic acid groups (broad SMARTS) is 1. The Kier molecular flexibility index (Phi) is 3.61. The number of hydrogen-bond donors (Lipinski definition) is 2. The van der Waals surface area contributed by atoms with Gasteiger partial charge in [0.15, 0.2) is 0 Å². The summed E-state index contributed by atoms with van der Waals surface area (Å²) in [6, 6.07) is -0.0688. The molecule has 0 aromatic rings. The third kappa shape index (κ3) is 2.63. The number of piperidine rings is 1. The van der Waals surface area contributed by atoms with Crippen LogP contribution in [0.3, 0.4) is 0 Å². The Morgan fingerprint density at radius 3 is 2.60 bits per heavy atom. The summed E-state index contributed by atoms with van der Waals surface area (Å²) in [5, 5.41) is 12.1. The van der Waals surface area contributed by atoms with Gasteiger partial charge in [-0.15, -0.1) is 0 Å². The number of rotatable bonds is 3. The van der Waals surface area contributed by atoms with Crippen LogP contribution in [0.5, 0.6) is 0 Å². The Morgan fingerprint density at radius 1 is 1.25 bits per heavy atom. The van der Waals surface area contributed by atoms with Gasteiger partial charge in [-0.25, -0.2) is 4.79 Å². The van der Waals surface area contributed by atoms with E-state index in [1.54, 1.807) is 4.90 Å². The summed E-state index contributed by atoms with van der Waals surface area (Å²) < 4.78 is 0. The molecule has 1 aliphatic heterocycles. The molecule has 3 fully saturated rings. The summed E-state index contributed by atoms with van der Waals surface area (Å²) in [5.41, 5.74) is 0.350. The summed E-state index contributed by atoms with van der Waals surface area (Å²) in [7, 11) is 0. The van der Waals surface area contributed by atoms with Gasteiger partial charge in [-0.1, -0.05) is 0 Å². The van der Waals surface area contributed by atoms with Crippen molar-refractivity contribution in [2.45, 2.75) is 44.9 Å². The second-order valence-electron chi connectivity index (χ2n) is 6.93. The van der Waals surface area contributed by atoms with Crippen molar-refractivity contribution in [3.63, 3.8) is 0 Å². The normalized spacial score (nSPS) is 36.1. The van der Waals surface area contributed by atoms with E-state index < -0.39 is 11.9 Å². The molecule has 2 N–H and O–H groups in total. The van der Waals surface area contributed by atoms with E-state index in [4.69, 9.17) is 5.11 Å². The van der Waals surface area contributed by atoms with Gasteiger partial charge >= 0.3 is 12.0 Å². The number of fused-ring (bicyclic) bond motifs is 2. The average molecular weight is 280 g/mol. The molecule has 3 rings (SSSR count). The molecule has 0 aromatic carbocycles. The number of carbonyl (C=O) groups is 2. The highest BCUT2D eigenvalue weighted by Gasteiger charge is 2.44. The maximum atomic E-state index is 12.2. The van der Waals surface area contributed by atoms with Crippen molar-refractivity contribution >= 4 is 12.0 Å². The Labute approximate surface area is 119 Å². The predicted octanol–water partition coefficient (Wildman–Crippen LogP) is 2.07. The van der Waals surface area contributed by atoms with Crippen LogP contribution in [0.1, 0.15) is 44.9 Å². The number of aliphatic carboxylic acids is 1. The van der Waals surface area contributed by atoms with Gasteiger partial charge in [0.1, 0.15) is 0 Å². The molecule has 0 radical (unpaired) electrons. The summed E-state index contributed by atoms with van der Waals surface area (Å²) in [6.07, 6.45) is 7.88. The van der Waals surface area contributed by atoms with E-state index in [0.717, 1.165) is 18.9 Å². The lowest BCUT2D eigenvalue weighted by Crippen LogP contribution is -2.49. The quantitative estimate of drug-likeness (QED) is 0.831. The number of carbonyl (C=O) groups excluding carboxylic acids is 1. The van der Waals surface area contributed by atoms with Crippen molar-refractivity contribution in [3.05, 3.63) is 0 Å². The molecular weight excluding hydrogens is 256 g/mol. The number of hydrogen-bond acceptors (Lipinski definition) is 2. The maximum Gasteiger partial charge on any atom is 0.317 e.